The summed E-state index contributed by atoms with van der Waals surface area (Å²) in [4.78, 5) is 27.2. The molecular weight excluding hydrogens is 425 g/mol. The largest absolute Gasteiger partial charge is 0.502 e. The third-order valence-electron chi connectivity index (χ3n) is 6.54. The van der Waals surface area contributed by atoms with E-state index in [2.05, 4.69) is 0 Å². The second-order valence-corrected chi connectivity index (χ2v) is 8.26. The minimum absolute atomic E-state index is 0.103. The van der Waals surface area contributed by atoms with Gasteiger partial charge in [0.25, 0.3) is 5.91 Å². The van der Waals surface area contributed by atoms with E-state index in [4.69, 9.17) is 4.74 Å². The van der Waals surface area contributed by atoms with Crippen molar-refractivity contribution in [2.45, 2.75) is 12.2 Å². The fraction of sp³-hybridized carbons (Fsp3) is 0.200. The minimum Gasteiger partial charge on any atom is -0.502 e. The number of aromatic hydroxyl groups is 1. The molecule has 6 rings (SSSR count). The number of carbonyl (C=O) groups is 1. The second kappa shape index (κ2) is 7.31. The molecule has 8 heteroatoms. The Morgan fingerprint density at radius 1 is 1.00 bits per heavy atom. The molecule has 7 nitrogen and oxygen atoms in total. The topological polar surface area (TPSA) is 75.0 Å². The molecule has 1 aliphatic carbocycles. The zero-order valence-electron chi connectivity index (χ0n) is 17.5. The molecule has 3 heterocycles. The van der Waals surface area contributed by atoms with Gasteiger partial charge in [-0.3, -0.25) is 19.3 Å². The van der Waals surface area contributed by atoms with E-state index in [1.807, 2.05) is 41.4 Å². The van der Waals surface area contributed by atoms with Crippen LogP contribution < -0.4 is 10.4 Å². The van der Waals surface area contributed by atoms with E-state index in [-0.39, 0.29) is 18.1 Å². The first-order valence-corrected chi connectivity index (χ1v) is 10.7. The van der Waals surface area contributed by atoms with Crippen molar-refractivity contribution in [2.75, 3.05) is 24.8 Å². The van der Waals surface area contributed by atoms with E-state index in [1.54, 1.807) is 17.0 Å². The third kappa shape index (κ3) is 2.84. The predicted molar refractivity (Wildman–Crippen MR) is 120 cm³/mol. The lowest BCUT2D eigenvalue weighted by Gasteiger charge is -2.51. The van der Waals surface area contributed by atoms with Crippen LogP contribution in [0.25, 0.3) is 12.2 Å². The first-order valence-electron chi connectivity index (χ1n) is 10.7. The Labute approximate surface area is 188 Å². The second-order valence-electron chi connectivity index (χ2n) is 8.26. The fourth-order valence-corrected chi connectivity index (χ4v) is 5.04. The van der Waals surface area contributed by atoms with Crippen molar-refractivity contribution in [3.63, 3.8) is 0 Å². The van der Waals surface area contributed by atoms with E-state index in [1.165, 1.54) is 23.0 Å². The number of morpholine rings is 1. The summed E-state index contributed by atoms with van der Waals surface area (Å²) in [5.74, 6) is -1.39. The van der Waals surface area contributed by atoms with E-state index in [0.29, 0.717) is 24.3 Å². The monoisotopic (exact) mass is 445 g/mol. The van der Waals surface area contributed by atoms with Crippen LogP contribution >= 0.6 is 0 Å². The number of hydrogen-bond acceptors (Lipinski definition) is 5. The van der Waals surface area contributed by atoms with Gasteiger partial charge in [0.05, 0.1) is 19.3 Å². The van der Waals surface area contributed by atoms with Crippen molar-refractivity contribution in [1.82, 2.24) is 9.58 Å². The van der Waals surface area contributed by atoms with E-state index in [0.717, 1.165) is 11.1 Å². The molecule has 0 spiro atoms. The molecule has 1 N–H and O–H groups in total. The van der Waals surface area contributed by atoms with Gasteiger partial charge in [-0.25, -0.2) is 4.39 Å². The number of pyridine rings is 1. The summed E-state index contributed by atoms with van der Waals surface area (Å²) in [5, 5.41) is 12.5. The van der Waals surface area contributed by atoms with Gasteiger partial charge in [-0.2, -0.15) is 0 Å². The lowest BCUT2D eigenvalue weighted by Crippen LogP contribution is -2.66. The number of halogens is 1. The predicted octanol–water partition coefficient (Wildman–Crippen LogP) is 2.72. The van der Waals surface area contributed by atoms with Crippen LogP contribution in [0.15, 0.2) is 59.5 Å². The molecule has 2 aromatic carbocycles. The Bertz CT molecular complexity index is 1380. The number of nitrogens with zero attached hydrogens (tertiary/aromatic N) is 3. The van der Waals surface area contributed by atoms with Gasteiger partial charge in [-0.15, -0.1) is 0 Å². The number of aromatic nitrogens is 1. The van der Waals surface area contributed by atoms with Gasteiger partial charge < -0.3 is 14.7 Å². The van der Waals surface area contributed by atoms with E-state index < -0.39 is 29.3 Å². The number of amides is 1. The zero-order valence-corrected chi connectivity index (χ0v) is 17.5. The molecule has 3 aliphatic rings. The van der Waals surface area contributed by atoms with Gasteiger partial charge in [0, 0.05) is 24.4 Å². The van der Waals surface area contributed by atoms with Gasteiger partial charge in [0.1, 0.15) is 12.0 Å². The highest BCUT2D eigenvalue weighted by Gasteiger charge is 2.45. The average molecular weight is 445 g/mol. The normalized spacial score (nSPS) is 21.1. The van der Waals surface area contributed by atoms with Crippen molar-refractivity contribution >= 4 is 18.1 Å². The number of rotatable bonds is 1. The smallest absolute Gasteiger partial charge is 0.278 e. The lowest BCUT2D eigenvalue weighted by molar-refractivity contribution is -0.0197. The molecule has 2 atom stereocenters. The minimum atomic E-state index is -0.629. The molecule has 166 valence electrons. The third-order valence-corrected chi connectivity index (χ3v) is 6.54. The highest BCUT2D eigenvalue weighted by atomic mass is 19.1. The fourth-order valence-electron chi connectivity index (χ4n) is 5.04. The molecule has 1 aromatic heterocycles. The van der Waals surface area contributed by atoms with Crippen LogP contribution in [0.4, 0.5) is 4.39 Å². The molecule has 1 saturated heterocycles. The number of ether oxygens (including phenoxy) is 1. The maximum Gasteiger partial charge on any atom is 0.278 e. The summed E-state index contributed by atoms with van der Waals surface area (Å²) in [5.41, 5.74) is 2.24. The highest BCUT2D eigenvalue weighted by molar-refractivity contribution is 5.96. The molecule has 1 amide bonds. The Balaban J connectivity index is 1.68. The van der Waals surface area contributed by atoms with Crippen LogP contribution in [0.2, 0.25) is 0 Å². The van der Waals surface area contributed by atoms with Gasteiger partial charge in [0.15, 0.2) is 11.4 Å². The molecular formula is C25H20FN3O4. The maximum absolute atomic E-state index is 15.0. The van der Waals surface area contributed by atoms with Gasteiger partial charge in [0.2, 0.25) is 5.43 Å². The first kappa shape index (κ1) is 19.8. The van der Waals surface area contributed by atoms with Gasteiger partial charge >= 0.3 is 0 Å². The number of benzene rings is 2. The van der Waals surface area contributed by atoms with E-state index in [9.17, 15) is 19.1 Å². The summed E-state index contributed by atoms with van der Waals surface area (Å²) in [6.07, 6.45) is 4.61. The molecule has 2 aliphatic heterocycles. The Hall–Kier alpha value is -3.91. The van der Waals surface area contributed by atoms with Crippen molar-refractivity contribution in [1.29, 1.82) is 0 Å². The molecule has 0 bridgehead atoms. The summed E-state index contributed by atoms with van der Waals surface area (Å²) >= 11 is 0. The molecule has 0 unspecified atom stereocenters. The van der Waals surface area contributed by atoms with Crippen LogP contribution in [0, 0.1) is 5.82 Å². The van der Waals surface area contributed by atoms with Crippen molar-refractivity contribution in [3.05, 3.63) is 98.7 Å². The number of hydrogen-bond donors (Lipinski definition) is 1. The van der Waals surface area contributed by atoms with Crippen molar-refractivity contribution < 1.29 is 19.0 Å². The summed E-state index contributed by atoms with van der Waals surface area (Å²) in [7, 11) is 0. The molecule has 33 heavy (non-hydrogen) atoms. The molecule has 3 aromatic rings. The van der Waals surface area contributed by atoms with Crippen LogP contribution in [0.1, 0.15) is 38.8 Å². The molecule has 0 radical (unpaired) electrons. The lowest BCUT2D eigenvalue weighted by atomic mass is 9.92. The number of carbonyl (C=O) groups excluding carboxylic acids is 1. The van der Waals surface area contributed by atoms with Crippen LogP contribution in [0.5, 0.6) is 5.75 Å². The molecule has 0 saturated carbocycles. The zero-order chi connectivity index (χ0) is 22.7. The van der Waals surface area contributed by atoms with Gasteiger partial charge in [-0.1, -0.05) is 48.6 Å². The number of fused-ring (bicyclic) bond motifs is 4. The Morgan fingerprint density at radius 2 is 1.82 bits per heavy atom. The van der Waals surface area contributed by atoms with Crippen molar-refractivity contribution in [3.8, 4) is 5.75 Å². The van der Waals surface area contributed by atoms with Crippen LogP contribution in [-0.2, 0) is 4.74 Å². The van der Waals surface area contributed by atoms with E-state index >= 15 is 0 Å². The highest BCUT2D eigenvalue weighted by Crippen LogP contribution is 2.41. The summed E-state index contributed by atoms with van der Waals surface area (Å²) in [6.45, 7) is 0.891. The van der Waals surface area contributed by atoms with Gasteiger partial charge in [-0.05, 0) is 22.8 Å². The van der Waals surface area contributed by atoms with Crippen molar-refractivity contribution in [2.24, 2.45) is 0 Å². The maximum atomic E-state index is 15.0. The summed E-state index contributed by atoms with van der Waals surface area (Å²) < 4.78 is 22.2. The Morgan fingerprint density at radius 3 is 2.70 bits per heavy atom. The van der Waals surface area contributed by atoms with Crippen LogP contribution in [0.3, 0.4) is 0 Å². The standard InChI is InChI=1S/C25H20FN3O4/c26-19-7-3-6-18-17(19)9-8-15-4-1-2-5-16(15)22(18)29-21-14-33-13-12-27(21)25(32)23-24(31)20(30)10-11-28(23)29/h1-11,21-22,31H,12-14H2/t21-,22-/m1/s1. The summed E-state index contributed by atoms with van der Waals surface area (Å²) in [6, 6.07) is 13.4. The molecule has 1 fully saturated rings. The quantitative estimate of drug-likeness (QED) is 0.624. The average Bonchev–Trinajstić information content (AvgIpc) is 3.00. The SMILES string of the molecule is O=C1c2c(O)c(=O)ccn2N([C@@H]2c3ccccc3C=Cc3c(F)cccc32)[C@@H]2COCCN12. The van der Waals surface area contributed by atoms with Crippen LogP contribution in [-0.4, -0.2) is 46.5 Å². The Kier molecular flexibility index (Phi) is 4.38. The first-order chi connectivity index (χ1) is 16.1.